The van der Waals surface area contributed by atoms with Gasteiger partial charge in [-0.3, -0.25) is 10.1 Å². The molecular formula is C11H5ClN4O2S2. The Labute approximate surface area is 126 Å². The molecule has 20 heavy (non-hydrogen) atoms. The maximum absolute atomic E-state index is 10.9. The van der Waals surface area contributed by atoms with Gasteiger partial charge >= 0.3 is 5.69 Å². The summed E-state index contributed by atoms with van der Waals surface area (Å²) in [5, 5.41) is 11.1. The molecule has 0 atom stereocenters. The molecular weight excluding hydrogens is 320 g/mol. The lowest BCUT2D eigenvalue weighted by Gasteiger charge is -1.98. The summed E-state index contributed by atoms with van der Waals surface area (Å²) in [6.45, 7) is 0. The number of para-hydroxylation sites is 1. The van der Waals surface area contributed by atoms with Crippen LogP contribution in [0.4, 0.5) is 5.69 Å². The summed E-state index contributed by atoms with van der Waals surface area (Å²) in [5.41, 5.74) is 0.668. The number of fused-ring (bicyclic) bond motifs is 1. The molecule has 6 nitrogen and oxygen atoms in total. The highest BCUT2D eigenvalue weighted by molar-refractivity contribution is 8.01. The molecule has 0 saturated carbocycles. The van der Waals surface area contributed by atoms with Gasteiger partial charge in [-0.1, -0.05) is 12.1 Å². The monoisotopic (exact) mass is 324 g/mol. The Morgan fingerprint density at radius 2 is 2.10 bits per heavy atom. The summed E-state index contributed by atoms with van der Waals surface area (Å²) in [5.74, 6) is 0. The van der Waals surface area contributed by atoms with Gasteiger partial charge in [0.2, 0.25) is 5.28 Å². The van der Waals surface area contributed by atoms with Crippen LogP contribution in [0.5, 0.6) is 0 Å². The minimum atomic E-state index is -0.536. The zero-order valence-corrected chi connectivity index (χ0v) is 12.1. The predicted octanol–water partition coefficient (Wildman–Crippen LogP) is 3.80. The molecule has 0 radical (unpaired) electrons. The number of thiazole rings is 1. The number of hydrogen-bond donors (Lipinski definition) is 0. The standard InChI is InChI=1S/C11H5ClN4O2S2/c12-10-13-5-7(16(17)18)9(15-10)20-11-14-6-3-1-2-4-8(6)19-11/h1-5H. The molecule has 1 aromatic carbocycles. The fourth-order valence-corrected chi connectivity index (χ4v) is 3.74. The van der Waals surface area contributed by atoms with Crippen LogP contribution in [-0.4, -0.2) is 19.9 Å². The second-order valence-electron chi connectivity index (χ2n) is 3.64. The number of nitro groups is 1. The molecule has 0 aliphatic carbocycles. The average Bonchev–Trinajstić information content (AvgIpc) is 2.80. The molecule has 2 heterocycles. The number of benzene rings is 1. The van der Waals surface area contributed by atoms with Crippen LogP contribution < -0.4 is 0 Å². The molecule has 0 bridgehead atoms. The summed E-state index contributed by atoms with van der Waals surface area (Å²) >= 11 is 8.25. The Morgan fingerprint density at radius 3 is 2.85 bits per heavy atom. The highest BCUT2D eigenvalue weighted by atomic mass is 35.5. The lowest BCUT2D eigenvalue weighted by molar-refractivity contribution is -0.388. The van der Waals surface area contributed by atoms with E-state index in [4.69, 9.17) is 11.6 Å². The topological polar surface area (TPSA) is 81.8 Å². The second kappa shape index (κ2) is 5.31. The van der Waals surface area contributed by atoms with Crippen LogP contribution in [0.2, 0.25) is 5.28 Å². The fourth-order valence-electron chi connectivity index (χ4n) is 1.52. The molecule has 0 fully saturated rings. The molecule has 3 aromatic rings. The quantitative estimate of drug-likeness (QED) is 0.315. The number of halogens is 1. The average molecular weight is 325 g/mol. The third-order valence-corrected chi connectivity index (χ3v) is 4.63. The zero-order valence-electron chi connectivity index (χ0n) is 9.69. The van der Waals surface area contributed by atoms with Crippen LogP contribution in [0.25, 0.3) is 10.2 Å². The van der Waals surface area contributed by atoms with E-state index in [0.29, 0.717) is 4.34 Å². The lowest BCUT2D eigenvalue weighted by atomic mass is 10.3. The van der Waals surface area contributed by atoms with Gasteiger partial charge in [0, 0.05) is 0 Å². The molecule has 3 rings (SSSR count). The Kier molecular flexibility index (Phi) is 3.51. The molecule has 0 unspecified atom stereocenters. The van der Waals surface area contributed by atoms with Crippen molar-refractivity contribution in [3.63, 3.8) is 0 Å². The minimum absolute atomic E-state index is 0.0285. The van der Waals surface area contributed by atoms with Crippen LogP contribution >= 0.6 is 34.7 Å². The third-order valence-electron chi connectivity index (χ3n) is 2.36. The largest absolute Gasteiger partial charge is 0.320 e. The summed E-state index contributed by atoms with van der Waals surface area (Å²) in [6, 6.07) is 7.63. The van der Waals surface area contributed by atoms with Crippen molar-refractivity contribution in [3.8, 4) is 0 Å². The summed E-state index contributed by atoms with van der Waals surface area (Å²) in [4.78, 5) is 22.3. The lowest BCUT2D eigenvalue weighted by Crippen LogP contribution is -1.95. The smallest absolute Gasteiger partial charge is 0.258 e. The van der Waals surface area contributed by atoms with E-state index in [-0.39, 0.29) is 16.0 Å². The van der Waals surface area contributed by atoms with Gasteiger partial charge in [-0.25, -0.2) is 15.0 Å². The molecule has 2 aromatic heterocycles. The van der Waals surface area contributed by atoms with Crippen LogP contribution in [0.15, 0.2) is 39.8 Å². The Balaban J connectivity index is 2.01. The van der Waals surface area contributed by atoms with Gasteiger partial charge in [-0.15, -0.1) is 11.3 Å². The van der Waals surface area contributed by atoms with Crippen molar-refractivity contribution in [1.29, 1.82) is 0 Å². The summed E-state index contributed by atoms with van der Waals surface area (Å²) in [7, 11) is 0. The second-order valence-corrected chi connectivity index (χ2v) is 6.24. The van der Waals surface area contributed by atoms with Gasteiger partial charge < -0.3 is 0 Å². The van der Waals surface area contributed by atoms with Crippen molar-refractivity contribution in [2.45, 2.75) is 9.37 Å². The molecule has 0 saturated heterocycles. The Bertz CT molecular complexity index is 775. The van der Waals surface area contributed by atoms with Crippen molar-refractivity contribution in [3.05, 3.63) is 45.9 Å². The number of nitrogens with zero attached hydrogens (tertiary/aromatic N) is 4. The van der Waals surface area contributed by atoms with Gasteiger partial charge in [0.1, 0.15) is 6.20 Å². The van der Waals surface area contributed by atoms with Crippen molar-refractivity contribution in [1.82, 2.24) is 15.0 Å². The highest BCUT2D eigenvalue weighted by Crippen LogP contribution is 2.37. The van der Waals surface area contributed by atoms with E-state index in [1.54, 1.807) is 0 Å². The first-order valence-electron chi connectivity index (χ1n) is 5.34. The molecule has 9 heteroatoms. The van der Waals surface area contributed by atoms with E-state index in [0.717, 1.165) is 28.2 Å². The van der Waals surface area contributed by atoms with Crippen molar-refractivity contribution in [2.75, 3.05) is 0 Å². The zero-order chi connectivity index (χ0) is 14.1. The van der Waals surface area contributed by atoms with Crippen molar-refractivity contribution in [2.24, 2.45) is 0 Å². The van der Waals surface area contributed by atoms with E-state index in [1.807, 2.05) is 24.3 Å². The van der Waals surface area contributed by atoms with Crippen LogP contribution in [-0.2, 0) is 0 Å². The molecule has 0 aliphatic rings. The maximum Gasteiger partial charge on any atom is 0.320 e. The first-order valence-corrected chi connectivity index (χ1v) is 7.35. The normalized spacial score (nSPS) is 10.8. The van der Waals surface area contributed by atoms with Crippen LogP contribution in [0.1, 0.15) is 0 Å². The third kappa shape index (κ3) is 2.58. The van der Waals surface area contributed by atoms with Gasteiger partial charge in [0.05, 0.1) is 15.1 Å². The number of hydrogen-bond acceptors (Lipinski definition) is 7. The van der Waals surface area contributed by atoms with Gasteiger partial charge in [-0.05, 0) is 35.5 Å². The van der Waals surface area contributed by atoms with E-state index >= 15 is 0 Å². The summed E-state index contributed by atoms with van der Waals surface area (Å²) < 4.78 is 1.68. The van der Waals surface area contributed by atoms with E-state index in [9.17, 15) is 10.1 Å². The first-order chi connectivity index (χ1) is 9.63. The van der Waals surface area contributed by atoms with Gasteiger partial charge in [-0.2, -0.15) is 0 Å². The maximum atomic E-state index is 10.9. The van der Waals surface area contributed by atoms with Gasteiger partial charge in [0.25, 0.3) is 0 Å². The number of aromatic nitrogens is 3. The fraction of sp³-hybridized carbons (Fsp3) is 0. The molecule has 100 valence electrons. The van der Waals surface area contributed by atoms with Crippen LogP contribution in [0, 0.1) is 10.1 Å². The van der Waals surface area contributed by atoms with Crippen molar-refractivity contribution < 1.29 is 4.92 Å². The summed E-state index contributed by atoms with van der Waals surface area (Å²) in [6.07, 6.45) is 1.10. The Morgan fingerprint density at radius 1 is 1.30 bits per heavy atom. The first kappa shape index (κ1) is 13.2. The minimum Gasteiger partial charge on any atom is -0.258 e. The van der Waals surface area contributed by atoms with E-state index in [1.165, 1.54) is 11.3 Å². The molecule has 0 amide bonds. The van der Waals surface area contributed by atoms with Crippen LogP contribution in [0.3, 0.4) is 0 Å². The molecule has 0 aliphatic heterocycles. The van der Waals surface area contributed by atoms with Crippen molar-refractivity contribution >= 4 is 50.6 Å². The molecule has 0 spiro atoms. The van der Waals surface area contributed by atoms with E-state index in [2.05, 4.69) is 15.0 Å². The molecule has 0 N–H and O–H groups in total. The van der Waals surface area contributed by atoms with Gasteiger partial charge in [0.15, 0.2) is 9.37 Å². The predicted molar refractivity (Wildman–Crippen MR) is 77.4 cm³/mol. The Hall–Kier alpha value is -1.77. The number of rotatable bonds is 3. The SMILES string of the molecule is O=[N+]([O-])c1cnc(Cl)nc1Sc1nc2ccccc2s1. The van der Waals surface area contributed by atoms with E-state index < -0.39 is 4.92 Å². The highest BCUT2D eigenvalue weighted by Gasteiger charge is 2.19.